The summed E-state index contributed by atoms with van der Waals surface area (Å²) in [6.45, 7) is -0.121. The van der Waals surface area contributed by atoms with Gasteiger partial charge in [0, 0.05) is 36.1 Å². The summed E-state index contributed by atoms with van der Waals surface area (Å²) in [4.78, 5) is 7.36. The molecule has 16 heteroatoms. The van der Waals surface area contributed by atoms with Crippen molar-refractivity contribution >= 4 is 42.2 Å². The molecule has 0 bridgehead atoms. The first-order chi connectivity index (χ1) is 15.5. The maximum atomic E-state index is 13.0. The molecular weight excluding hydrogens is 472 g/mol. The molecule has 3 heterocycles. The van der Waals surface area contributed by atoms with Gasteiger partial charge >= 0.3 is 0 Å². The number of fused-ring (bicyclic) bond motifs is 1. The molecule has 176 valence electrons. The number of nitrogens with one attached hydrogen (secondary N) is 2. The monoisotopic (exact) mass is 494 g/mol. The van der Waals surface area contributed by atoms with Gasteiger partial charge in [0.25, 0.3) is 0 Å². The lowest BCUT2D eigenvalue weighted by molar-refractivity contribution is 0.487. The van der Waals surface area contributed by atoms with Crippen LogP contribution in [0, 0.1) is 0 Å². The van der Waals surface area contributed by atoms with Crippen LogP contribution in [0.4, 0.5) is 0 Å². The molecule has 4 rings (SSSR count). The molecule has 0 aliphatic heterocycles. The lowest BCUT2D eigenvalue weighted by atomic mass is 9.82. The minimum atomic E-state index is -4.63. The lowest BCUT2D eigenvalue weighted by Gasteiger charge is -2.40. The van der Waals surface area contributed by atoms with Crippen molar-refractivity contribution < 1.29 is 16.8 Å². The van der Waals surface area contributed by atoms with Crippen LogP contribution in [0.5, 0.6) is 0 Å². The van der Waals surface area contributed by atoms with Crippen molar-refractivity contribution in [1.29, 1.82) is 0 Å². The van der Waals surface area contributed by atoms with E-state index >= 15 is 0 Å². The fourth-order valence-electron chi connectivity index (χ4n) is 4.10. The van der Waals surface area contributed by atoms with Gasteiger partial charge in [0.2, 0.25) is 25.9 Å². The quantitative estimate of drug-likeness (QED) is 0.209. The highest BCUT2D eigenvalue weighted by atomic mass is 32.2. The summed E-state index contributed by atoms with van der Waals surface area (Å²) in [5, 5.41) is 22.8. The summed E-state index contributed by atoms with van der Waals surface area (Å²) in [5.74, 6) is -0.172. The zero-order chi connectivity index (χ0) is 24.0. The van der Waals surface area contributed by atoms with E-state index in [0.29, 0.717) is 16.6 Å². The van der Waals surface area contributed by atoms with Crippen molar-refractivity contribution in [2.24, 2.45) is 21.7 Å². The summed E-state index contributed by atoms with van der Waals surface area (Å²) in [7, 11) is -9.24. The van der Waals surface area contributed by atoms with Gasteiger partial charge in [0.05, 0.1) is 11.0 Å². The van der Waals surface area contributed by atoms with E-state index in [4.69, 9.17) is 21.7 Å². The number of primary sulfonamides is 2. The van der Waals surface area contributed by atoms with E-state index in [0.717, 1.165) is 0 Å². The van der Waals surface area contributed by atoms with Crippen molar-refractivity contribution in [3.63, 3.8) is 0 Å². The molecule has 0 saturated carbocycles. The molecule has 3 aromatic heterocycles. The molecule has 0 saturated heterocycles. The Kier molecular flexibility index (Phi) is 5.67. The molecule has 3 unspecified atom stereocenters. The van der Waals surface area contributed by atoms with E-state index in [1.807, 2.05) is 0 Å². The molecule has 1 aliphatic rings. The predicted octanol–water partition coefficient (Wildman–Crippen LogP) is -2.08. The molecule has 0 spiro atoms. The SMILES string of the molecule is NCC(N)CC1(S(N)(=O)=O)C=CC(c2cnc3cc[nH]c3c2)=C(c2nn[nH]n2)C1S(N)(=O)=O. The second-order valence-electron chi connectivity index (χ2n) is 7.70. The third-order valence-electron chi connectivity index (χ3n) is 5.57. The molecule has 1 aliphatic carbocycles. The van der Waals surface area contributed by atoms with E-state index in [1.54, 1.807) is 18.3 Å². The van der Waals surface area contributed by atoms with Crippen molar-refractivity contribution in [2.45, 2.75) is 22.5 Å². The number of H-pyrrole nitrogens is 2. The first-order valence-electron chi connectivity index (χ1n) is 9.58. The Morgan fingerprint density at radius 2 is 1.97 bits per heavy atom. The Morgan fingerprint density at radius 3 is 2.58 bits per heavy atom. The highest BCUT2D eigenvalue weighted by Crippen LogP contribution is 2.45. The fraction of sp³-hybridized carbons (Fsp3) is 0.294. The molecule has 3 aromatic rings. The zero-order valence-electron chi connectivity index (χ0n) is 17.1. The van der Waals surface area contributed by atoms with Crippen LogP contribution in [-0.4, -0.2) is 70.0 Å². The van der Waals surface area contributed by atoms with Crippen molar-refractivity contribution in [3.05, 3.63) is 48.1 Å². The second-order valence-corrected chi connectivity index (χ2v) is 11.2. The molecule has 0 fully saturated rings. The van der Waals surface area contributed by atoms with Crippen LogP contribution < -0.4 is 21.7 Å². The molecule has 0 radical (unpaired) electrons. The summed E-state index contributed by atoms with van der Waals surface area (Å²) in [5.41, 5.74) is 13.5. The van der Waals surface area contributed by atoms with Crippen molar-refractivity contribution in [1.82, 2.24) is 30.6 Å². The topological polar surface area (TPSA) is 255 Å². The number of sulfonamides is 2. The number of tetrazole rings is 1. The Hall–Kier alpha value is -3.02. The van der Waals surface area contributed by atoms with Gasteiger partial charge < -0.3 is 16.5 Å². The Bertz CT molecular complexity index is 1460. The summed E-state index contributed by atoms with van der Waals surface area (Å²) >= 11 is 0. The Morgan fingerprint density at radius 1 is 1.21 bits per heavy atom. The Balaban J connectivity index is 2.07. The normalized spacial score (nSPS) is 22.7. The van der Waals surface area contributed by atoms with E-state index in [-0.39, 0.29) is 23.5 Å². The smallest absolute Gasteiger partial charge is 0.220 e. The first-order valence-corrected chi connectivity index (χ1v) is 12.7. The van der Waals surface area contributed by atoms with Crippen molar-refractivity contribution in [2.75, 3.05) is 6.54 Å². The maximum Gasteiger partial charge on any atom is 0.220 e. The fourth-order valence-corrected chi connectivity index (χ4v) is 7.32. The number of pyridine rings is 1. The van der Waals surface area contributed by atoms with Gasteiger partial charge in [-0.25, -0.2) is 27.1 Å². The third kappa shape index (κ3) is 3.96. The summed E-state index contributed by atoms with van der Waals surface area (Å²) in [6, 6.07) is 2.58. The highest BCUT2D eigenvalue weighted by Gasteiger charge is 2.57. The number of rotatable bonds is 7. The van der Waals surface area contributed by atoms with Crippen LogP contribution in [0.2, 0.25) is 0 Å². The molecule has 0 amide bonds. The number of aromatic nitrogens is 6. The first kappa shape index (κ1) is 23.1. The van der Waals surface area contributed by atoms with Gasteiger partial charge in [0.15, 0.2) is 0 Å². The van der Waals surface area contributed by atoms with Crippen molar-refractivity contribution in [3.8, 4) is 0 Å². The van der Waals surface area contributed by atoms with Gasteiger partial charge in [-0.05, 0) is 29.3 Å². The van der Waals surface area contributed by atoms with Gasteiger partial charge in [-0.15, -0.1) is 10.2 Å². The van der Waals surface area contributed by atoms with Gasteiger partial charge in [-0.3, -0.25) is 4.98 Å². The van der Waals surface area contributed by atoms with Gasteiger partial charge in [0.1, 0.15) is 10.00 Å². The predicted molar refractivity (Wildman–Crippen MR) is 121 cm³/mol. The maximum absolute atomic E-state index is 13.0. The van der Waals surface area contributed by atoms with E-state index in [9.17, 15) is 16.8 Å². The average Bonchev–Trinajstić information content (AvgIpc) is 3.42. The number of hydrogen-bond acceptors (Lipinski definition) is 10. The number of nitrogens with two attached hydrogens (primary N) is 4. The molecule has 0 aromatic carbocycles. The van der Waals surface area contributed by atoms with Crippen LogP contribution in [0.3, 0.4) is 0 Å². The minimum Gasteiger partial charge on any atom is -0.360 e. The second kappa shape index (κ2) is 8.08. The average molecular weight is 495 g/mol. The lowest BCUT2D eigenvalue weighted by Crippen LogP contribution is -2.60. The number of allylic oxidation sites excluding steroid dienone is 2. The molecular formula is C17H22N10O4S2. The largest absolute Gasteiger partial charge is 0.360 e. The van der Waals surface area contributed by atoms with E-state index < -0.39 is 42.5 Å². The zero-order valence-corrected chi connectivity index (χ0v) is 18.7. The highest BCUT2D eigenvalue weighted by molar-refractivity contribution is 7.94. The third-order valence-corrected chi connectivity index (χ3v) is 8.63. The molecule has 33 heavy (non-hydrogen) atoms. The van der Waals surface area contributed by atoms with E-state index in [1.165, 1.54) is 18.3 Å². The molecule has 10 N–H and O–H groups in total. The number of hydrogen-bond donors (Lipinski definition) is 6. The summed E-state index contributed by atoms with van der Waals surface area (Å²) < 4.78 is 49.6. The standard InChI is InChI=1S/C17H22N10O4S2/c18-7-10(19)6-17(33(21,30)31)3-1-11(9-5-13-12(23-8-9)2-4-22-13)14(15(17)32(20,28)29)16-24-26-27-25-16/h1-5,8,10,15,22H,6-7,18-19H2,(H2,20,28,29)(H2,21,30,31)(H,24,25,26,27). The minimum absolute atomic E-state index is 0.111. The molecule has 14 nitrogen and oxygen atoms in total. The number of nitrogens with zero attached hydrogens (tertiary/aromatic N) is 4. The van der Waals surface area contributed by atoms with Gasteiger partial charge in [-0.2, -0.15) is 5.21 Å². The van der Waals surface area contributed by atoms with Crippen LogP contribution in [-0.2, 0) is 20.0 Å². The van der Waals surface area contributed by atoms with E-state index in [2.05, 4.69) is 30.6 Å². The number of aromatic amines is 2. The van der Waals surface area contributed by atoms with Crippen LogP contribution in [0.1, 0.15) is 17.8 Å². The summed E-state index contributed by atoms with van der Waals surface area (Å²) in [6.07, 6.45) is 5.39. The Labute approximate surface area is 188 Å². The van der Waals surface area contributed by atoms with Gasteiger partial charge in [-0.1, -0.05) is 12.2 Å². The van der Waals surface area contributed by atoms with Crippen LogP contribution in [0.25, 0.3) is 22.2 Å². The molecule has 3 atom stereocenters. The van der Waals surface area contributed by atoms with Crippen LogP contribution >= 0.6 is 0 Å². The van der Waals surface area contributed by atoms with Crippen LogP contribution in [0.15, 0.2) is 36.7 Å².